The zero-order valence-electron chi connectivity index (χ0n) is 8.73. The Balaban J connectivity index is 0.000000195. The molecule has 0 saturated heterocycles. The molecule has 0 aromatic heterocycles. The lowest BCUT2D eigenvalue weighted by Gasteiger charge is -2.15. The monoisotopic (exact) mass is 228 g/mol. The number of hydrogen-bond donors (Lipinski definition) is 2. The van der Waals surface area contributed by atoms with E-state index in [-0.39, 0.29) is 0 Å². The highest BCUT2D eigenvalue weighted by Gasteiger charge is 2.05. The fourth-order valence-electron chi connectivity index (χ4n) is 1.42. The molecule has 1 aliphatic rings. The molecule has 0 aliphatic carbocycles. The van der Waals surface area contributed by atoms with Crippen molar-refractivity contribution < 1.29 is 8.42 Å². The van der Waals surface area contributed by atoms with Crippen LogP contribution in [-0.2, 0) is 23.0 Å². The van der Waals surface area contributed by atoms with Crippen LogP contribution in [0, 0.1) is 0 Å². The van der Waals surface area contributed by atoms with Crippen molar-refractivity contribution in [2.45, 2.75) is 13.0 Å². The molecular formula is C10H16N2O2S. The first-order chi connectivity index (χ1) is 6.97. The second kappa shape index (κ2) is 5.25. The van der Waals surface area contributed by atoms with Gasteiger partial charge in [0.1, 0.15) is 0 Å². The largest absolute Gasteiger partial charge is 0.312 e. The van der Waals surface area contributed by atoms with Crippen molar-refractivity contribution in [1.82, 2.24) is 5.32 Å². The highest BCUT2D eigenvalue weighted by Crippen LogP contribution is 2.11. The maximum atomic E-state index is 9.41. The normalized spacial score (nSPS) is 14.8. The Morgan fingerprint density at radius 1 is 1.27 bits per heavy atom. The Morgan fingerprint density at radius 3 is 2.33 bits per heavy atom. The minimum atomic E-state index is -3.17. The summed E-state index contributed by atoms with van der Waals surface area (Å²) in [6.07, 6.45) is 2.13. The summed E-state index contributed by atoms with van der Waals surface area (Å²) >= 11 is 0. The standard InChI is InChI=1S/C9H11N.CH5NO2S/c1-2-4-9-7-10-6-5-8(9)3-1;1-5(2,3)4/h1-4,10H,5-7H2;1H3,(H2,2,3,4). The van der Waals surface area contributed by atoms with Gasteiger partial charge in [0, 0.05) is 6.54 Å². The Hall–Kier alpha value is -0.910. The summed E-state index contributed by atoms with van der Waals surface area (Å²) in [5, 5.41) is 7.67. The Morgan fingerprint density at radius 2 is 1.80 bits per heavy atom. The van der Waals surface area contributed by atoms with Gasteiger partial charge in [0.15, 0.2) is 0 Å². The third kappa shape index (κ3) is 5.51. The number of nitrogens with one attached hydrogen (secondary N) is 1. The molecule has 3 N–H and O–H groups in total. The SMILES string of the molecule is CS(N)(=O)=O.c1ccc2c(c1)CCNC2. The number of fused-ring (bicyclic) bond motifs is 1. The van der Waals surface area contributed by atoms with Crippen LogP contribution in [0.2, 0.25) is 0 Å². The molecular weight excluding hydrogens is 212 g/mol. The Kier molecular flexibility index (Phi) is 4.26. The fraction of sp³-hybridized carbons (Fsp3) is 0.400. The molecule has 0 unspecified atom stereocenters. The summed E-state index contributed by atoms with van der Waals surface area (Å²) in [5.41, 5.74) is 2.98. The highest BCUT2D eigenvalue weighted by atomic mass is 32.2. The molecule has 5 heteroatoms. The van der Waals surface area contributed by atoms with Crippen molar-refractivity contribution in [2.24, 2.45) is 5.14 Å². The van der Waals surface area contributed by atoms with Crippen LogP contribution in [-0.4, -0.2) is 21.2 Å². The van der Waals surface area contributed by atoms with E-state index >= 15 is 0 Å². The van der Waals surface area contributed by atoms with Crippen LogP contribution < -0.4 is 10.5 Å². The summed E-state index contributed by atoms with van der Waals surface area (Å²) < 4.78 is 18.8. The average Bonchev–Trinajstić information content (AvgIpc) is 2.16. The zero-order chi connectivity index (χ0) is 11.3. The van der Waals surface area contributed by atoms with Crippen LogP contribution in [0.4, 0.5) is 0 Å². The van der Waals surface area contributed by atoms with Crippen molar-refractivity contribution in [3.63, 3.8) is 0 Å². The van der Waals surface area contributed by atoms with E-state index in [1.165, 1.54) is 17.5 Å². The fourth-order valence-corrected chi connectivity index (χ4v) is 1.42. The van der Waals surface area contributed by atoms with Crippen LogP contribution >= 0.6 is 0 Å². The summed E-state index contributed by atoms with van der Waals surface area (Å²) in [7, 11) is -3.17. The highest BCUT2D eigenvalue weighted by molar-refractivity contribution is 7.88. The van der Waals surface area contributed by atoms with Crippen molar-refractivity contribution >= 4 is 10.0 Å². The van der Waals surface area contributed by atoms with Gasteiger partial charge in [-0.2, -0.15) is 0 Å². The molecule has 0 radical (unpaired) electrons. The molecule has 0 amide bonds. The number of hydrogen-bond acceptors (Lipinski definition) is 3. The van der Waals surface area contributed by atoms with Gasteiger partial charge in [-0.25, -0.2) is 13.6 Å². The third-order valence-electron chi connectivity index (χ3n) is 2.00. The van der Waals surface area contributed by atoms with Gasteiger partial charge in [0.2, 0.25) is 10.0 Å². The molecule has 0 spiro atoms. The predicted molar refractivity (Wildman–Crippen MR) is 60.9 cm³/mol. The number of primary sulfonamides is 1. The summed E-state index contributed by atoms with van der Waals surface area (Å²) in [4.78, 5) is 0. The van der Waals surface area contributed by atoms with Gasteiger partial charge < -0.3 is 5.32 Å². The van der Waals surface area contributed by atoms with Crippen molar-refractivity contribution in [3.05, 3.63) is 35.4 Å². The van der Waals surface area contributed by atoms with E-state index in [0.29, 0.717) is 0 Å². The number of rotatable bonds is 0. The lowest BCUT2D eigenvalue weighted by atomic mass is 10.0. The number of sulfonamides is 1. The topological polar surface area (TPSA) is 72.2 Å². The number of benzene rings is 1. The van der Waals surface area contributed by atoms with Crippen LogP contribution in [0.25, 0.3) is 0 Å². The molecule has 1 aromatic carbocycles. The quantitative estimate of drug-likeness (QED) is 0.668. The summed E-state index contributed by atoms with van der Waals surface area (Å²) in [6.45, 7) is 2.19. The van der Waals surface area contributed by atoms with Crippen molar-refractivity contribution in [3.8, 4) is 0 Å². The molecule has 0 fully saturated rings. The molecule has 0 saturated carbocycles. The van der Waals surface area contributed by atoms with E-state index in [4.69, 9.17) is 0 Å². The van der Waals surface area contributed by atoms with Gasteiger partial charge >= 0.3 is 0 Å². The lowest BCUT2D eigenvalue weighted by molar-refractivity contribution is 0.603. The van der Waals surface area contributed by atoms with Crippen LogP contribution in [0.15, 0.2) is 24.3 Å². The van der Waals surface area contributed by atoms with Crippen LogP contribution in [0.5, 0.6) is 0 Å². The maximum Gasteiger partial charge on any atom is 0.206 e. The van der Waals surface area contributed by atoms with Crippen molar-refractivity contribution in [1.29, 1.82) is 0 Å². The second-order valence-corrected chi connectivity index (χ2v) is 5.18. The molecule has 1 heterocycles. The molecule has 4 nitrogen and oxygen atoms in total. The van der Waals surface area contributed by atoms with E-state index in [1.54, 1.807) is 0 Å². The molecule has 1 aromatic rings. The first-order valence-electron chi connectivity index (χ1n) is 4.72. The first kappa shape index (κ1) is 12.2. The third-order valence-corrected chi connectivity index (χ3v) is 2.00. The molecule has 0 atom stereocenters. The Bertz CT molecular complexity index is 382. The van der Waals surface area contributed by atoms with Gasteiger partial charge in [-0.15, -0.1) is 0 Å². The smallest absolute Gasteiger partial charge is 0.206 e. The minimum Gasteiger partial charge on any atom is -0.312 e. The summed E-state index contributed by atoms with van der Waals surface area (Å²) in [5.74, 6) is 0. The molecule has 1 aliphatic heterocycles. The molecule has 15 heavy (non-hydrogen) atoms. The maximum absolute atomic E-state index is 9.41. The van der Waals surface area contributed by atoms with Gasteiger partial charge in [-0.1, -0.05) is 24.3 Å². The first-order valence-corrected chi connectivity index (χ1v) is 6.67. The minimum absolute atomic E-state index is 0.938. The Labute approximate surface area is 90.5 Å². The van der Waals surface area contributed by atoms with Gasteiger partial charge in [0.05, 0.1) is 6.26 Å². The van der Waals surface area contributed by atoms with E-state index < -0.39 is 10.0 Å². The second-order valence-electron chi connectivity index (χ2n) is 3.53. The number of nitrogens with two attached hydrogens (primary N) is 1. The van der Waals surface area contributed by atoms with Gasteiger partial charge in [-0.3, -0.25) is 0 Å². The molecule has 0 bridgehead atoms. The van der Waals surface area contributed by atoms with E-state index in [1.807, 2.05) is 0 Å². The summed E-state index contributed by atoms with van der Waals surface area (Å²) in [6, 6.07) is 8.63. The van der Waals surface area contributed by atoms with Gasteiger partial charge in [-0.05, 0) is 24.1 Å². The molecule has 84 valence electrons. The predicted octanol–water partition coefficient (Wildman–Crippen LogP) is 0.237. The average molecular weight is 228 g/mol. The van der Waals surface area contributed by atoms with Crippen LogP contribution in [0.3, 0.4) is 0 Å². The zero-order valence-corrected chi connectivity index (χ0v) is 9.55. The molecule has 2 rings (SSSR count). The van der Waals surface area contributed by atoms with E-state index in [2.05, 4.69) is 34.7 Å². The lowest BCUT2D eigenvalue weighted by Crippen LogP contribution is -2.23. The van der Waals surface area contributed by atoms with E-state index in [0.717, 1.165) is 19.3 Å². The van der Waals surface area contributed by atoms with Crippen LogP contribution in [0.1, 0.15) is 11.1 Å². The van der Waals surface area contributed by atoms with Gasteiger partial charge in [0.25, 0.3) is 0 Å². The van der Waals surface area contributed by atoms with Crippen molar-refractivity contribution in [2.75, 3.05) is 12.8 Å². The van der Waals surface area contributed by atoms with E-state index in [9.17, 15) is 8.42 Å².